The molecule has 0 unspecified atom stereocenters. The van der Waals surface area contributed by atoms with Gasteiger partial charge in [0.2, 0.25) is 0 Å². The van der Waals surface area contributed by atoms with Crippen LogP contribution in [-0.4, -0.2) is 23.9 Å². The number of rotatable bonds is 4. The molecule has 0 atom stereocenters. The van der Waals surface area contributed by atoms with Crippen LogP contribution in [0, 0.1) is 0 Å². The maximum atomic E-state index is 11.0. The molecule has 0 radical (unpaired) electrons. The molecule has 0 saturated carbocycles. The highest BCUT2D eigenvalue weighted by Crippen LogP contribution is 2.22. The zero-order chi connectivity index (χ0) is 12.1. The Kier molecular flexibility index (Phi) is 3.88. The second-order valence-corrected chi connectivity index (χ2v) is 3.39. The Morgan fingerprint density at radius 3 is 2.62 bits per heavy atom. The molecule has 16 heavy (non-hydrogen) atoms. The third-order valence-corrected chi connectivity index (χ3v) is 1.86. The summed E-state index contributed by atoms with van der Waals surface area (Å²) in [5.41, 5.74) is 4.08. The van der Waals surface area contributed by atoms with E-state index >= 15 is 0 Å². The van der Waals surface area contributed by atoms with Gasteiger partial charge in [-0.1, -0.05) is 0 Å². The summed E-state index contributed by atoms with van der Waals surface area (Å²) in [6, 6.07) is 4.75. The number of ether oxygens (including phenoxy) is 1. The second-order valence-electron chi connectivity index (χ2n) is 3.39. The van der Waals surface area contributed by atoms with Crippen molar-refractivity contribution >= 4 is 17.4 Å². The molecule has 1 aromatic carbocycles. The van der Waals surface area contributed by atoms with Gasteiger partial charge in [0.05, 0.1) is 18.4 Å². The SMILES string of the molecule is COc1ccc(NN=C(C)C)c(C(=O)O)c1. The van der Waals surface area contributed by atoms with Gasteiger partial charge in [0.25, 0.3) is 0 Å². The van der Waals surface area contributed by atoms with Gasteiger partial charge >= 0.3 is 5.97 Å². The molecule has 1 aromatic rings. The Morgan fingerprint density at radius 2 is 2.12 bits per heavy atom. The smallest absolute Gasteiger partial charge is 0.338 e. The van der Waals surface area contributed by atoms with Gasteiger partial charge in [0.1, 0.15) is 5.75 Å². The van der Waals surface area contributed by atoms with E-state index in [9.17, 15) is 4.79 Å². The fourth-order valence-corrected chi connectivity index (χ4v) is 1.10. The van der Waals surface area contributed by atoms with Crippen LogP contribution in [0.25, 0.3) is 0 Å². The minimum atomic E-state index is -1.02. The van der Waals surface area contributed by atoms with Crippen LogP contribution in [-0.2, 0) is 0 Å². The molecule has 86 valence electrons. The highest BCUT2D eigenvalue weighted by atomic mass is 16.5. The molecule has 0 aromatic heterocycles. The first kappa shape index (κ1) is 12.0. The number of aromatic carboxylic acids is 1. The molecule has 0 aliphatic carbocycles. The number of hydrazone groups is 1. The zero-order valence-corrected chi connectivity index (χ0v) is 9.44. The molecule has 1 rings (SSSR count). The number of benzene rings is 1. The maximum Gasteiger partial charge on any atom is 0.338 e. The van der Waals surface area contributed by atoms with Crippen LogP contribution in [0.1, 0.15) is 24.2 Å². The molecule has 0 bridgehead atoms. The van der Waals surface area contributed by atoms with E-state index in [0.29, 0.717) is 11.4 Å². The van der Waals surface area contributed by atoms with E-state index in [4.69, 9.17) is 9.84 Å². The Hall–Kier alpha value is -2.04. The van der Waals surface area contributed by atoms with Gasteiger partial charge in [0.15, 0.2) is 0 Å². The fourth-order valence-electron chi connectivity index (χ4n) is 1.10. The summed E-state index contributed by atoms with van der Waals surface area (Å²) in [6.45, 7) is 3.63. The monoisotopic (exact) mass is 222 g/mol. The lowest BCUT2D eigenvalue weighted by atomic mass is 10.2. The minimum Gasteiger partial charge on any atom is -0.497 e. The molecule has 0 saturated heterocycles. The van der Waals surface area contributed by atoms with E-state index in [0.717, 1.165) is 5.71 Å². The molecule has 0 heterocycles. The van der Waals surface area contributed by atoms with Crippen LogP contribution in [0.3, 0.4) is 0 Å². The Balaban J connectivity index is 3.08. The van der Waals surface area contributed by atoms with E-state index in [1.54, 1.807) is 12.1 Å². The Labute approximate surface area is 93.7 Å². The van der Waals surface area contributed by atoms with Crippen LogP contribution >= 0.6 is 0 Å². The Bertz CT molecular complexity index is 423. The molecule has 0 aliphatic heterocycles. The summed E-state index contributed by atoms with van der Waals surface area (Å²) in [5, 5.41) is 13.0. The number of hydrogen-bond acceptors (Lipinski definition) is 4. The summed E-state index contributed by atoms with van der Waals surface area (Å²) in [7, 11) is 1.49. The van der Waals surface area contributed by atoms with Crippen molar-refractivity contribution in [1.82, 2.24) is 0 Å². The van der Waals surface area contributed by atoms with Crippen molar-refractivity contribution in [3.63, 3.8) is 0 Å². The lowest BCUT2D eigenvalue weighted by Crippen LogP contribution is -2.03. The number of carboxylic acid groups (broad SMARTS) is 1. The molecule has 0 aliphatic rings. The first-order valence-corrected chi connectivity index (χ1v) is 4.73. The Morgan fingerprint density at radius 1 is 1.44 bits per heavy atom. The van der Waals surface area contributed by atoms with Crippen LogP contribution in [0.15, 0.2) is 23.3 Å². The van der Waals surface area contributed by atoms with Crippen molar-refractivity contribution in [2.45, 2.75) is 13.8 Å². The average Bonchev–Trinajstić information content (AvgIpc) is 2.25. The lowest BCUT2D eigenvalue weighted by Gasteiger charge is -2.07. The molecule has 0 spiro atoms. The lowest BCUT2D eigenvalue weighted by molar-refractivity contribution is 0.0697. The van der Waals surface area contributed by atoms with Gasteiger partial charge in [-0.25, -0.2) is 4.79 Å². The maximum absolute atomic E-state index is 11.0. The third-order valence-electron chi connectivity index (χ3n) is 1.86. The number of carboxylic acids is 1. The van der Waals surface area contributed by atoms with E-state index in [2.05, 4.69) is 10.5 Å². The predicted octanol–water partition coefficient (Wildman–Crippen LogP) is 2.20. The molecule has 0 fully saturated rings. The third kappa shape index (κ3) is 2.98. The van der Waals surface area contributed by atoms with Crippen LogP contribution in [0.2, 0.25) is 0 Å². The van der Waals surface area contributed by atoms with E-state index in [1.165, 1.54) is 13.2 Å². The summed E-state index contributed by atoms with van der Waals surface area (Å²) < 4.78 is 4.96. The van der Waals surface area contributed by atoms with E-state index in [-0.39, 0.29) is 5.56 Å². The van der Waals surface area contributed by atoms with Gasteiger partial charge in [-0.2, -0.15) is 5.10 Å². The van der Waals surface area contributed by atoms with Crippen LogP contribution in [0.5, 0.6) is 5.75 Å². The normalized spacial score (nSPS) is 9.44. The van der Waals surface area contributed by atoms with Crippen molar-refractivity contribution < 1.29 is 14.6 Å². The zero-order valence-electron chi connectivity index (χ0n) is 9.44. The van der Waals surface area contributed by atoms with Crippen molar-refractivity contribution in [1.29, 1.82) is 0 Å². The van der Waals surface area contributed by atoms with Crippen molar-refractivity contribution in [2.75, 3.05) is 12.5 Å². The first-order chi connectivity index (χ1) is 7.54. The van der Waals surface area contributed by atoms with Gasteiger partial charge in [0, 0.05) is 5.71 Å². The van der Waals surface area contributed by atoms with Crippen molar-refractivity contribution in [2.24, 2.45) is 5.10 Å². The summed E-state index contributed by atoms with van der Waals surface area (Å²) in [5.74, 6) is -0.523. The van der Waals surface area contributed by atoms with Gasteiger partial charge in [-0.15, -0.1) is 0 Å². The highest BCUT2D eigenvalue weighted by molar-refractivity contribution is 5.95. The van der Waals surface area contributed by atoms with Crippen LogP contribution < -0.4 is 10.2 Å². The van der Waals surface area contributed by atoms with E-state index in [1.807, 2.05) is 13.8 Å². The quantitative estimate of drug-likeness (QED) is 0.605. The topological polar surface area (TPSA) is 70.9 Å². The molecule has 2 N–H and O–H groups in total. The highest BCUT2D eigenvalue weighted by Gasteiger charge is 2.10. The number of anilines is 1. The van der Waals surface area contributed by atoms with Gasteiger partial charge in [-0.05, 0) is 32.0 Å². The molecule has 0 amide bonds. The second kappa shape index (κ2) is 5.16. The summed E-state index contributed by atoms with van der Waals surface area (Å²) in [6.07, 6.45) is 0. The minimum absolute atomic E-state index is 0.129. The standard InChI is InChI=1S/C11H14N2O3/c1-7(2)12-13-10-5-4-8(16-3)6-9(10)11(14)15/h4-6,13H,1-3H3,(H,14,15). The van der Waals surface area contributed by atoms with Gasteiger partial charge in [-0.3, -0.25) is 5.43 Å². The molecule has 5 heteroatoms. The van der Waals surface area contributed by atoms with Crippen LogP contribution in [0.4, 0.5) is 5.69 Å². The first-order valence-electron chi connectivity index (χ1n) is 4.73. The van der Waals surface area contributed by atoms with Gasteiger partial charge < -0.3 is 9.84 Å². The predicted molar refractivity (Wildman–Crippen MR) is 62.4 cm³/mol. The number of nitrogens with zero attached hydrogens (tertiary/aromatic N) is 1. The molecule has 5 nitrogen and oxygen atoms in total. The average molecular weight is 222 g/mol. The summed E-state index contributed by atoms with van der Waals surface area (Å²) in [4.78, 5) is 11.0. The van der Waals surface area contributed by atoms with Crippen molar-refractivity contribution in [3.8, 4) is 5.75 Å². The van der Waals surface area contributed by atoms with E-state index < -0.39 is 5.97 Å². The fraction of sp³-hybridized carbons (Fsp3) is 0.273. The number of carbonyl (C=O) groups is 1. The molecular formula is C11H14N2O3. The number of nitrogens with one attached hydrogen (secondary N) is 1. The molecular weight excluding hydrogens is 208 g/mol. The van der Waals surface area contributed by atoms with Crippen molar-refractivity contribution in [3.05, 3.63) is 23.8 Å². The number of methoxy groups -OCH3 is 1. The summed E-state index contributed by atoms with van der Waals surface area (Å²) >= 11 is 0. The largest absolute Gasteiger partial charge is 0.497 e. The number of hydrogen-bond donors (Lipinski definition) is 2.